The molecule has 0 unspecified atom stereocenters. The molecule has 0 aliphatic heterocycles. The number of hydrogen-bond acceptors (Lipinski definition) is 6. The molecule has 26 heavy (non-hydrogen) atoms. The molecule has 0 amide bonds. The Hall–Kier alpha value is -3.87. The Balaban J connectivity index is 1.89. The first-order valence-corrected chi connectivity index (χ1v) is 7.71. The van der Waals surface area contributed by atoms with Gasteiger partial charge in [-0.2, -0.15) is 5.11 Å². The van der Waals surface area contributed by atoms with E-state index < -0.39 is 4.92 Å². The van der Waals surface area contributed by atoms with Gasteiger partial charge >= 0.3 is 0 Å². The van der Waals surface area contributed by atoms with Crippen LogP contribution in [-0.4, -0.2) is 16.2 Å². The maximum absolute atomic E-state index is 10.9. The van der Waals surface area contributed by atoms with E-state index >= 15 is 0 Å². The van der Waals surface area contributed by atoms with Gasteiger partial charge in [-0.1, -0.05) is 30.3 Å². The van der Waals surface area contributed by atoms with Crippen LogP contribution >= 0.6 is 0 Å². The normalized spacial score (nSPS) is 11.2. The van der Waals surface area contributed by atoms with E-state index in [1.165, 1.54) is 24.4 Å². The minimum Gasteiger partial charge on any atom is -0.507 e. The molecular formula is C19H14N4O3. The van der Waals surface area contributed by atoms with Crippen LogP contribution in [0.15, 0.2) is 88.0 Å². The first kappa shape index (κ1) is 17.0. The highest BCUT2D eigenvalue weighted by Crippen LogP contribution is 2.30. The van der Waals surface area contributed by atoms with E-state index in [9.17, 15) is 15.2 Å². The lowest BCUT2D eigenvalue weighted by Gasteiger charge is -2.01. The minimum atomic E-state index is -0.529. The van der Waals surface area contributed by atoms with Crippen molar-refractivity contribution in [2.75, 3.05) is 0 Å². The number of rotatable bonds is 5. The van der Waals surface area contributed by atoms with Crippen LogP contribution in [0.2, 0.25) is 0 Å². The zero-order valence-electron chi connectivity index (χ0n) is 13.6. The van der Waals surface area contributed by atoms with Crippen molar-refractivity contribution in [3.63, 3.8) is 0 Å². The van der Waals surface area contributed by atoms with Crippen LogP contribution in [0.4, 0.5) is 22.7 Å². The summed E-state index contributed by atoms with van der Waals surface area (Å²) in [5, 5.41) is 29.1. The number of hydrogen-bond donors (Lipinski definition) is 1. The Bertz CT molecular complexity index is 985. The monoisotopic (exact) mass is 346 g/mol. The van der Waals surface area contributed by atoms with Crippen LogP contribution < -0.4 is 0 Å². The standard InChI is InChI=1S/C19H14N4O3/c24-19-11-10-16(23(25)26)12-14(19)13-20-17-8-4-5-9-18(17)22-21-15-6-2-1-3-7-15/h1-13,24H. The molecule has 0 aliphatic carbocycles. The lowest BCUT2D eigenvalue weighted by molar-refractivity contribution is -0.384. The van der Waals surface area contributed by atoms with E-state index in [4.69, 9.17) is 0 Å². The van der Waals surface area contributed by atoms with Gasteiger partial charge in [-0.25, -0.2) is 0 Å². The third-order valence-corrected chi connectivity index (χ3v) is 3.48. The highest BCUT2D eigenvalue weighted by atomic mass is 16.6. The molecule has 0 aromatic heterocycles. The van der Waals surface area contributed by atoms with Crippen LogP contribution in [-0.2, 0) is 0 Å². The number of para-hydroxylation sites is 1. The number of nitro groups is 1. The molecule has 0 heterocycles. The quantitative estimate of drug-likeness (QED) is 0.287. The van der Waals surface area contributed by atoms with Gasteiger partial charge in [0.1, 0.15) is 11.4 Å². The molecule has 0 saturated heterocycles. The summed E-state index contributed by atoms with van der Waals surface area (Å²) in [6.45, 7) is 0. The minimum absolute atomic E-state index is 0.0947. The second-order valence-corrected chi connectivity index (χ2v) is 5.28. The van der Waals surface area contributed by atoms with Gasteiger partial charge in [-0.05, 0) is 30.3 Å². The summed E-state index contributed by atoms with van der Waals surface area (Å²) in [7, 11) is 0. The lowest BCUT2D eigenvalue weighted by atomic mass is 10.2. The average molecular weight is 346 g/mol. The van der Waals surface area contributed by atoms with Gasteiger partial charge in [0, 0.05) is 23.9 Å². The molecular weight excluding hydrogens is 332 g/mol. The van der Waals surface area contributed by atoms with Gasteiger partial charge in [-0.3, -0.25) is 15.1 Å². The zero-order valence-corrected chi connectivity index (χ0v) is 13.6. The van der Waals surface area contributed by atoms with Crippen LogP contribution in [0.1, 0.15) is 5.56 Å². The summed E-state index contributed by atoms with van der Waals surface area (Å²) in [5.41, 5.74) is 1.90. The number of aromatic hydroxyl groups is 1. The first-order chi connectivity index (χ1) is 12.6. The van der Waals surface area contributed by atoms with Crippen LogP contribution in [0.3, 0.4) is 0 Å². The largest absolute Gasteiger partial charge is 0.507 e. The molecule has 0 saturated carbocycles. The van der Waals surface area contributed by atoms with Gasteiger partial charge in [0.05, 0.1) is 16.3 Å². The fraction of sp³-hybridized carbons (Fsp3) is 0. The molecule has 128 valence electrons. The van der Waals surface area contributed by atoms with E-state index in [0.29, 0.717) is 17.1 Å². The van der Waals surface area contributed by atoms with E-state index in [-0.39, 0.29) is 17.0 Å². The number of phenolic OH excluding ortho intramolecular Hbond substituents is 1. The molecule has 1 N–H and O–H groups in total. The molecule has 0 atom stereocenters. The Morgan fingerprint density at radius 3 is 2.31 bits per heavy atom. The van der Waals surface area contributed by atoms with Crippen molar-refractivity contribution in [1.82, 2.24) is 0 Å². The number of azo groups is 1. The Morgan fingerprint density at radius 1 is 0.885 bits per heavy atom. The highest BCUT2D eigenvalue weighted by Gasteiger charge is 2.09. The van der Waals surface area contributed by atoms with Gasteiger partial charge in [0.25, 0.3) is 5.69 Å². The third-order valence-electron chi connectivity index (χ3n) is 3.48. The fourth-order valence-corrected chi connectivity index (χ4v) is 2.16. The maximum atomic E-state index is 10.9. The van der Waals surface area contributed by atoms with Crippen LogP contribution in [0.25, 0.3) is 0 Å². The van der Waals surface area contributed by atoms with E-state index in [1.807, 2.05) is 36.4 Å². The molecule has 7 heteroatoms. The second kappa shape index (κ2) is 7.80. The van der Waals surface area contributed by atoms with Crippen molar-refractivity contribution in [3.8, 4) is 5.75 Å². The van der Waals surface area contributed by atoms with Crippen molar-refractivity contribution in [1.29, 1.82) is 0 Å². The van der Waals surface area contributed by atoms with Gasteiger partial charge in [0.2, 0.25) is 0 Å². The fourth-order valence-electron chi connectivity index (χ4n) is 2.16. The van der Waals surface area contributed by atoms with E-state index in [1.54, 1.807) is 18.2 Å². The predicted octanol–water partition coefficient (Wildman–Crippen LogP) is 5.47. The Morgan fingerprint density at radius 2 is 1.58 bits per heavy atom. The average Bonchev–Trinajstić information content (AvgIpc) is 2.67. The second-order valence-electron chi connectivity index (χ2n) is 5.28. The van der Waals surface area contributed by atoms with E-state index in [2.05, 4.69) is 15.2 Å². The van der Waals surface area contributed by atoms with Crippen molar-refractivity contribution in [3.05, 3.63) is 88.5 Å². The van der Waals surface area contributed by atoms with Crippen molar-refractivity contribution in [2.45, 2.75) is 0 Å². The Labute approximate surface area is 149 Å². The number of non-ortho nitro benzene ring substituents is 1. The number of phenols is 1. The molecule has 0 aliphatic rings. The van der Waals surface area contributed by atoms with Gasteiger partial charge < -0.3 is 5.11 Å². The van der Waals surface area contributed by atoms with Gasteiger partial charge in [-0.15, -0.1) is 5.11 Å². The molecule has 0 radical (unpaired) electrons. The van der Waals surface area contributed by atoms with Crippen LogP contribution in [0.5, 0.6) is 5.75 Å². The maximum Gasteiger partial charge on any atom is 0.270 e. The molecule has 0 spiro atoms. The van der Waals surface area contributed by atoms with Gasteiger partial charge in [0.15, 0.2) is 0 Å². The summed E-state index contributed by atoms with van der Waals surface area (Å²) >= 11 is 0. The zero-order chi connectivity index (χ0) is 18.4. The van der Waals surface area contributed by atoms with Crippen molar-refractivity contribution >= 4 is 29.0 Å². The topological polar surface area (TPSA) is 100 Å². The molecule has 3 rings (SSSR count). The van der Waals surface area contributed by atoms with E-state index in [0.717, 1.165) is 0 Å². The summed E-state index contributed by atoms with van der Waals surface area (Å²) in [4.78, 5) is 14.6. The number of benzene rings is 3. The molecule has 3 aromatic rings. The molecule has 0 bridgehead atoms. The smallest absolute Gasteiger partial charge is 0.270 e. The Kier molecular flexibility index (Phi) is 5.09. The third kappa shape index (κ3) is 4.15. The highest BCUT2D eigenvalue weighted by molar-refractivity contribution is 5.87. The summed E-state index contributed by atoms with van der Waals surface area (Å²) in [6.07, 6.45) is 1.36. The van der Waals surface area contributed by atoms with Crippen LogP contribution in [0, 0.1) is 10.1 Å². The van der Waals surface area contributed by atoms with Crippen molar-refractivity contribution in [2.24, 2.45) is 15.2 Å². The first-order valence-electron chi connectivity index (χ1n) is 7.71. The number of aliphatic imine (C=N–C) groups is 1. The number of nitrogens with zero attached hydrogens (tertiary/aromatic N) is 4. The summed E-state index contributed by atoms with van der Waals surface area (Å²) < 4.78 is 0. The molecule has 7 nitrogen and oxygen atoms in total. The predicted molar refractivity (Wildman–Crippen MR) is 99.1 cm³/mol. The molecule has 0 fully saturated rings. The van der Waals surface area contributed by atoms with Crippen molar-refractivity contribution < 1.29 is 10.0 Å². The lowest BCUT2D eigenvalue weighted by Crippen LogP contribution is -1.90. The summed E-state index contributed by atoms with van der Waals surface area (Å²) in [5.74, 6) is -0.0947. The number of nitro benzene ring substituents is 1. The summed E-state index contributed by atoms with van der Waals surface area (Å²) in [6, 6.07) is 20.1. The SMILES string of the molecule is O=[N+]([O-])c1ccc(O)c(C=Nc2ccccc2N=Nc2ccccc2)c1. The molecule has 3 aromatic carbocycles.